The molecule has 0 atom stereocenters. The lowest BCUT2D eigenvalue weighted by Crippen LogP contribution is -2.38. The highest BCUT2D eigenvalue weighted by Gasteiger charge is 2.26. The summed E-state index contributed by atoms with van der Waals surface area (Å²) in [5.41, 5.74) is 0.823. The molecule has 0 aromatic carbocycles. The summed E-state index contributed by atoms with van der Waals surface area (Å²) in [6, 6.07) is 0. The van der Waals surface area contributed by atoms with Gasteiger partial charge in [-0.3, -0.25) is 9.48 Å². The first-order chi connectivity index (χ1) is 8.28. The lowest BCUT2D eigenvalue weighted by Gasteiger charge is -2.17. The minimum atomic E-state index is -4.30. The molecule has 0 aliphatic carbocycles. The first-order valence-electron chi connectivity index (χ1n) is 5.27. The first kappa shape index (κ1) is 14.5. The number of nitrogens with one attached hydrogen (secondary N) is 1. The van der Waals surface area contributed by atoms with E-state index in [2.05, 4.69) is 10.4 Å². The fourth-order valence-corrected chi connectivity index (χ4v) is 1.36. The third kappa shape index (κ3) is 5.17. The van der Waals surface area contributed by atoms with Crippen molar-refractivity contribution in [1.29, 1.82) is 0 Å². The molecule has 1 rings (SSSR count). The highest BCUT2D eigenvalue weighted by molar-refractivity contribution is 5.77. The lowest BCUT2D eigenvalue weighted by atomic mass is 10.3. The monoisotopic (exact) mass is 264 g/mol. The van der Waals surface area contributed by atoms with Crippen LogP contribution in [0.3, 0.4) is 0 Å². The molecular weight excluding hydrogens is 249 g/mol. The normalized spacial score (nSPS) is 11.6. The van der Waals surface area contributed by atoms with Gasteiger partial charge in [-0.05, 0) is 0 Å². The molecule has 1 aromatic rings. The van der Waals surface area contributed by atoms with Gasteiger partial charge in [0.1, 0.15) is 0 Å². The quantitative estimate of drug-likeness (QED) is 0.844. The van der Waals surface area contributed by atoms with Crippen LogP contribution in [0.15, 0.2) is 12.4 Å². The van der Waals surface area contributed by atoms with Crippen LogP contribution in [0.1, 0.15) is 5.56 Å². The Kier molecular flexibility index (Phi) is 4.71. The average Bonchev–Trinajstić information content (AvgIpc) is 2.61. The summed E-state index contributed by atoms with van der Waals surface area (Å²) in [6.07, 6.45) is -0.956. The zero-order valence-corrected chi connectivity index (χ0v) is 10.2. The van der Waals surface area contributed by atoms with Gasteiger partial charge in [-0.2, -0.15) is 18.3 Å². The van der Waals surface area contributed by atoms with E-state index in [0.717, 1.165) is 5.56 Å². The Morgan fingerprint density at radius 3 is 2.72 bits per heavy atom. The highest BCUT2D eigenvalue weighted by Crippen LogP contribution is 2.11. The number of halogens is 3. The molecule has 0 aliphatic rings. The highest BCUT2D eigenvalue weighted by atomic mass is 19.4. The van der Waals surface area contributed by atoms with Crippen molar-refractivity contribution < 1.29 is 18.0 Å². The van der Waals surface area contributed by atoms with E-state index >= 15 is 0 Å². The maximum Gasteiger partial charge on any atom is 0.401 e. The number of rotatable bonds is 5. The number of aryl methyl sites for hydroxylation is 1. The lowest BCUT2D eigenvalue weighted by molar-refractivity contribution is -0.133. The molecule has 0 radical (unpaired) electrons. The molecule has 0 saturated heterocycles. The average molecular weight is 264 g/mol. The van der Waals surface area contributed by atoms with Crippen LogP contribution in [-0.2, 0) is 18.4 Å². The van der Waals surface area contributed by atoms with E-state index in [9.17, 15) is 18.0 Å². The molecule has 0 unspecified atom stereocenters. The summed E-state index contributed by atoms with van der Waals surface area (Å²) in [6.45, 7) is -1.18. The number of alkyl halides is 3. The molecule has 0 bridgehead atoms. The van der Waals surface area contributed by atoms with Crippen molar-refractivity contribution in [3.63, 3.8) is 0 Å². The Morgan fingerprint density at radius 2 is 2.22 bits per heavy atom. The van der Waals surface area contributed by atoms with E-state index in [1.54, 1.807) is 24.1 Å². The van der Waals surface area contributed by atoms with Gasteiger partial charge in [-0.1, -0.05) is 0 Å². The number of hydrogen-bond donors (Lipinski definition) is 1. The third-order valence-corrected chi connectivity index (χ3v) is 2.21. The van der Waals surface area contributed by atoms with Crippen molar-refractivity contribution in [3.8, 4) is 0 Å². The van der Waals surface area contributed by atoms with Crippen LogP contribution < -0.4 is 5.32 Å². The van der Waals surface area contributed by atoms with Crippen LogP contribution in [0.4, 0.5) is 13.2 Å². The summed E-state index contributed by atoms with van der Waals surface area (Å²) in [4.78, 5) is 12.9. The predicted molar refractivity (Wildman–Crippen MR) is 58.6 cm³/mol. The largest absolute Gasteiger partial charge is 0.401 e. The van der Waals surface area contributed by atoms with Gasteiger partial charge in [-0.15, -0.1) is 0 Å². The summed E-state index contributed by atoms with van der Waals surface area (Å²) in [7, 11) is 3.28. The van der Waals surface area contributed by atoms with Gasteiger partial charge >= 0.3 is 6.18 Å². The Labute approximate surface area is 103 Å². The number of hydrogen-bond acceptors (Lipinski definition) is 3. The van der Waals surface area contributed by atoms with Crippen molar-refractivity contribution in [3.05, 3.63) is 18.0 Å². The molecule has 102 valence electrons. The maximum atomic E-state index is 11.9. The minimum Gasteiger partial charge on any atom is -0.340 e. The van der Waals surface area contributed by atoms with Crippen LogP contribution >= 0.6 is 0 Å². The zero-order valence-electron chi connectivity index (χ0n) is 10.2. The van der Waals surface area contributed by atoms with Crippen LogP contribution in [0.2, 0.25) is 0 Å². The molecular formula is C10H15F3N4O. The molecule has 5 nitrogen and oxygen atoms in total. The smallest absolute Gasteiger partial charge is 0.340 e. The Balaban J connectivity index is 2.33. The number of carbonyl (C=O) groups is 1. The van der Waals surface area contributed by atoms with E-state index in [0.29, 0.717) is 6.54 Å². The van der Waals surface area contributed by atoms with E-state index < -0.39 is 18.6 Å². The van der Waals surface area contributed by atoms with Crippen molar-refractivity contribution in [2.45, 2.75) is 12.7 Å². The Bertz CT molecular complexity index is 402. The molecule has 1 amide bonds. The van der Waals surface area contributed by atoms with Crippen LogP contribution in [0.5, 0.6) is 0 Å². The number of carbonyl (C=O) groups excluding carboxylic acids is 1. The van der Waals surface area contributed by atoms with E-state index in [4.69, 9.17) is 0 Å². The van der Waals surface area contributed by atoms with Crippen LogP contribution in [0, 0.1) is 0 Å². The van der Waals surface area contributed by atoms with Gasteiger partial charge in [0.2, 0.25) is 5.91 Å². The van der Waals surface area contributed by atoms with Crippen molar-refractivity contribution >= 4 is 5.91 Å². The Morgan fingerprint density at radius 1 is 1.56 bits per heavy atom. The third-order valence-electron chi connectivity index (χ3n) is 2.21. The van der Waals surface area contributed by atoms with E-state index in [1.807, 2.05) is 0 Å². The summed E-state index contributed by atoms with van der Waals surface area (Å²) >= 11 is 0. The molecule has 0 fully saturated rings. The molecule has 0 saturated carbocycles. The van der Waals surface area contributed by atoms with Gasteiger partial charge < -0.3 is 10.2 Å². The maximum absolute atomic E-state index is 11.9. The van der Waals surface area contributed by atoms with E-state index in [-0.39, 0.29) is 6.54 Å². The molecule has 8 heteroatoms. The fraction of sp³-hybridized carbons (Fsp3) is 0.600. The Hall–Kier alpha value is -1.57. The molecule has 1 heterocycles. The first-order valence-corrected chi connectivity index (χ1v) is 5.27. The van der Waals surface area contributed by atoms with Gasteiger partial charge in [0.25, 0.3) is 0 Å². The molecule has 0 spiro atoms. The SMILES string of the molecule is CN(Cc1cnn(C)c1)C(=O)CNCC(F)(F)F. The number of amides is 1. The van der Waals surface area contributed by atoms with Crippen LogP contribution in [-0.4, -0.2) is 46.9 Å². The van der Waals surface area contributed by atoms with Gasteiger partial charge in [0, 0.05) is 32.4 Å². The number of nitrogens with zero attached hydrogens (tertiary/aromatic N) is 3. The van der Waals surface area contributed by atoms with Gasteiger partial charge in [0.05, 0.1) is 19.3 Å². The summed E-state index contributed by atoms with van der Waals surface area (Å²) < 4.78 is 37.2. The van der Waals surface area contributed by atoms with E-state index in [1.165, 1.54) is 11.9 Å². The summed E-state index contributed by atoms with van der Waals surface area (Å²) in [5, 5.41) is 6.00. The van der Waals surface area contributed by atoms with Crippen LogP contribution in [0.25, 0.3) is 0 Å². The summed E-state index contributed by atoms with van der Waals surface area (Å²) in [5.74, 6) is -0.400. The minimum absolute atomic E-state index is 0.320. The second-order valence-electron chi connectivity index (χ2n) is 3.99. The van der Waals surface area contributed by atoms with Crippen molar-refractivity contribution in [2.24, 2.45) is 7.05 Å². The second kappa shape index (κ2) is 5.85. The molecule has 0 aliphatic heterocycles. The molecule has 18 heavy (non-hydrogen) atoms. The molecule has 1 N–H and O–H groups in total. The topological polar surface area (TPSA) is 50.2 Å². The fourth-order valence-electron chi connectivity index (χ4n) is 1.36. The van der Waals surface area contributed by atoms with Crippen molar-refractivity contribution in [1.82, 2.24) is 20.0 Å². The second-order valence-corrected chi connectivity index (χ2v) is 3.99. The standard InChI is InChI=1S/C10H15F3N4O/c1-16(5-8-3-15-17(2)6-8)9(18)4-14-7-10(11,12)13/h3,6,14H,4-5,7H2,1-2H3. The van der Waals surface area contributed by atoms with Crippen molar-refractivity contribution in [2.75, 3.05) is 20.1 Å². The predicted octanol–water partition coefficient (Wildman–Crippen LogP) is 0.530. The van der Waals surface area contributed by atoms with Gasteiger partial charge in [0.15, 0.2) is 0 Å². The molecule has 1 aromatic heterocycles. The van der Waals surface area contributed by atoms with Gasteiger partial charge in [-0.25, -0.2) is 0 Å². The number of aromatic nitrogens is 2. The number of likely N-dealkylation sites (N-methyl/N-ethyl adjacent to an activating group) is 1. The zero-order chi connectivity index (χ0) is 13.8.